The van der Waals surface area contributed by atoms with Gasteiger partial charge >= 0.3 is 0 Å². The van der Waals surface area contributed by atoms with E-state index in [2.05, 4.69) is 41.5 Å². The van der Waals surface area contributed by atoms with Gasteiger partial charge in [-0.2, -0.15) is 0 Å². The summed E-state index contributed by atoms with van der Waals surface area (Å²) in [5.41, 5.74) is 1.12. The minimum Gasteiger partial charge on any atom is -0.393 e. The van der Waals surface area contributed by atoms with Crippen molar-refractivity contribution in [3.05, 3.63) is 0 Å². The minimum absolute atomic E-state index is 0.0407. The zero-order valence-corrected chi connectivity index (χ0v) is 20.4. The Kier molecular flexibility index (Phi) is 6.22. The van der Waals surface area contributed by atoms with Crippen LogP contribution in [-0.4, -0.2) is 11.2 Å². The Labute approximate surface area is 181 Å². The molecule has 0 aromatic rings. The quantitative estimate of drug-likeness (QED) is 0.499. The second kappa shape index (κ2) is 8.14. The molecule has 0 heterocycles. The first-order chi connectivity index (χ1) is 13.7. The van der Waals surface area contributed by atoms with Crippen molar-refractivity contribution < 1.29 is 5.11 Å². The van der Waals surface area contributed by atoms with Crippen molar-refractivity contribution in [1.82, 2.24) is 0 Å². The minimum atomic E-state index is -0.0407. The summed E-state index contributed by atoms with van der Waals surface area (Å²) >= 11 is 0. The molecule has 1 heteroatoms. The first kappa shape index (κ1) is 22.2. The highest BCUT2D eigenvalue weighted by Gasteiger charge is 2.61. The molecule has 0 unspecified atom stereocenters. The standard InChI is InChI=1S/C28H50O/c1-18(2)8-7-9-19(3)22-12-13-24-21-10-11-23-20(4)26(29)15-17-28(23,6)25(21)14-16-27(22,24)5/h18-26,29H,7-17H2,1-6H3/t19-,20-,21-,22+,23+,24-,25-,26-,27+,28-/m0/s1. The van der Waals surface area contributed by atoms with Crippen LogP contribution in [-0.2, 0) is 0 Å². The van der Waals surface area contributed by atoms with E-state index in [1.54, 1.807) is 0 Å². The van der Waals surface area contributed by atoms with Gasteiger partial charge in [0.1, 0.15) is 0 Å². The maximum Gasteiger partial charge on any atom is 0.0568 e. The molecule has 4 fully saturated rings. The number of aliphatic hydroxyl groups excluding tert-OH is 1. The molecule has 10 atom stereocenters. The molecule has 0 bridgehead atoms. The molecule has 0 aromatic heterocycles. The molecule has 29 heavy (non-hydrogen) atoms. The normalized spacial score (nSPS) is 50.7. The van der Waals surface area contributed by atoms with E-state index < -0.39 is 0 Å². The van der Waals surface area contributed by atoms with Crippen LogP contribution >= 0.6 is 0 Å². The average molecular weight is 403 g/mol. The van der Waals surface area contributed by atoms with E-state index in [9.17, 15) is 5.11 Å². The number of aliphatic hydroxyl groups is 1. The van der Waals surface area contributed by atoms with Gasteiger partial charge in [0.05, 0.1) is 6.10 Å². The van der Waals surface area contributed by atoms with Gasteiger partial charge in [0.25, 0.3) is 0 Å². The highest BCUT2D eigenvalue weighted by Crippen LogP contribution is 2.68. The Bertz CT molecular complexity index is 569. The van der Waals surface area contributed by atoms with E-state index in [1.807, 2.05) is 0 Å². The van der Waals surface area contributed by atoms with Gasteiger partial charge in [-0.15, -0.1) is 0 Å². The predicted molar refractivity (Wildman–Crippen MR) is 124 cm³/mol. The highest BCUT2D eigenvalue weighted by molar-refractivity contribution is 5.10. The van der Waals surface area contributed by atoms with E-state index in [1.165, 1.54) is 64.2 Å². The molecule has 1 N–H and O–H groups in total. The van der Waals surface area contributed by atoms with E-state index >= 15 is 0 Å². The van der Waals surface area contributed by atoms with Crippen molar-refractivity contribution >= 4 is 0 Å². The van der Waals surface area contributed by atoms with Crippen molar-refractivity contribution in [2.24, 2.45) is 58.2 Å². The van der Waals surface area contributed by atoms with Crippen LogP contribution in [0.3, 0.4) is 0 Å². The zero-order chi connectivity index (χ0) is 21.0. The van der Waals surface area contributed by atoms with Gasteiger partial charge in [-0.25, -0.2) is 0 Å². The van der Waals surface area contributed by atoms with Crippen molar-refractivity contribution in [3.63, 3.8) is 0 Å². The Morgan fingerprint density at radius 3 is 2.17 bits per heavy atom. The first-order valence-electron chi connectivity index (χ1n) is 13.4. The van der Waals surface area contributed by atoms with Crippen molar-refractivity contribution in [3.8, 4) is 0 Å². The third-order valence-corrected chi connectivity index (χ3v) is 11.4. The third kappa shape index (κ3) is 3.64. The fraction of sp³-hybridized carbons (Fsp3) is 1.00. The van der Waals surface area contributed by atoms with Crippen LogP contribution in [0.15, 0.2) is 0 Å². The van der Waals surface area contributed by atoms with Gasteiger partial charge in [-0.3, -0.25) is 0 Å². The predicted octanol–water partition coefficient (Wildman–Crippen LogP) is 7.71. The lowest BCUT2D eigenvalue weighted by molar-refractivity contribution is -0.149. The fourth-order valence-electron chi connectivity index (χ4n) is 9.73. The summed E-state index contributed by atoms with van der Waals surface area (Å²) in [5, 5.41) is 10.5. The summed E-state index contributed by atoms with van der Waals surface area (Å²) in [7, 11) is 0. The van der Waals surface area contributed by atoms with Crippen LogP contribution in [0.1, 0.15) is 112 Å². The Morgan fingerprint density at radius 1 is 0.793 bits per heavy atom. The molecule has 0 spiro atoms. The van der Waals surface area contributed by atoms with Gasteiger partial charge < -0.3 is 5.11 Å². The number of fused-ring (bicyclic) bond motifs is 5. The third-order valence-electron chi connectivity index (χ3n) is 11.4. The average Bonchev–Trinajstić information content (AvgIpc) is 3.02. The van der Waals surface area contributed by atoms with Crippen LogP contribution in [0.2, 0.25) is 0 Å². The van der Waals surface area contributed by atoms with Gasteiger partial charge in [0, 0.05) is 0 Å². The molecular weight excluding hydrogens is 352 g/mol. The maximum atomic E-state index is 10.5. The SMILES string of the molecule is CC(C)CCC[C@H](C)[C@H]1CC[C@H]2[C@@H]3CC[C@@H]4[C@H](C)[C@@H](O)CC[C@]4(C)[C@H]3CC[C@]12C. The second-order valence-electron chi connectivity index (χ2n) is 13.1. The number of hydrogen-bond donors (Lipinski definition) is 1. The fourth-order valence-corrected chi connectivity index (χ4v) is 9.73. The lowest BCUT2D eigenvalue weighted by Gasteiger charge is -2.62. The lowest BCUT2D eigenvalue weighted by atomic mass is 9.43. The molecule has 1 nitrogen and oxygen atoms in total. The molecule has 0 radical (unpaired) electrons. The molecule has 4 rings (SSSR count). The van der Waals surface area contributed by atoms with Crippen molar-refractivity contribution in [2.45, 2.75) is 118 Å². The number of hydrogen-bond acceptors (Lipinski definition) is 1. The van der Waals surface area contributed by atoms with E-state index in [0.717, 1.165) is 47.8 Å². The second-order valence-corrected chi connectivity index (χ2v) is 13.1. The zero-order valence-electron chi connectivity index (χ0n) is 20.4. The van der Waals surface area contributed by atoms with Gasteiger partial charge in [-0.05, 0) is 110 Å². The maximum absolute atomic E-state index is 10.5. The Balaban J connectivity index is 1.48. The summed E-state index contributed by atoms with van der Waals surface area (Å²) in [6, 6.07) is 0. The molecule has 4 saturated carbocycles. The van der Waals surface area contributed by atoms with Crippen LogP contribution in [0.4, 0.5) is 0 Å². The van der Waals surface area contributed by atoms with E-state index in [-0.39, 0.29) is 6.10 Å². The van der Waals surface area contributed by atoms with Crippen molar-refractivity contribution in [1.29, 1.82) is 0 Å². The number of rotatable bonds is 5. The lowest BCUT2D eigenvalue weighted by Crippen LogP contribution is -2.56. The molecule has 0 aromatic carbocycles. The summed E-state index contributed by atoms with van der Waals surface area (Å²) < 4.78 is 0. The highest BCUT2D eigenvalue weighted by atomic mass is 16.3. The molecular formula is C28H50O. The molecule has 0 aliphatic heterocycles. The van der Waals surface area contributed by atoms with Gasteiger partial charge in [0.15, 0.2) is 0 Å². The molecule has 168 valence electrons. The summed E-state index contributed by atoms with van der Waals surface area (Å²) in [6.45, 7) is 15.0. The smallest absolute Gasteiger partial charge is 0.0568 e. The van der Waals surface area contributed by atoms with Crippen LogP contribution < -0.4 is 0 Å². The molecule has 0 amide bonds. The van der Waals surface area contributed by atoms with Crippen LogP contribution in [0, 0.1) is 58.2 Å². The first-order valence-corrected chi connectivity index (χ1v) is 13.4. The Hall–Kier alpha value is -0.0400. The molecule has 4 aliphatic rings. The molecule has 0 saturated heterocycles. The molecule has 4 aliphatic carbocycles. The van der Waals surface area contributed by atoms with Crippen molar-refractivity contribution in [2.75, 3.05) is 0 Å². The van der Waals surface area contributed by atoms with E-state index in [4.69, 9.17) is 0 Å². The Morgan fingerprint density at radius 2 is 1.45 bits per heavy atom. The summed E-state index contributed by atoms with van der Waals surface area (Å²) in [5.74, 6) is 6.92. The summed E-state index contributed by atoms with van der Waals surface area (Å²) in [6.07, 6.45) is 15.4. The van der Waals surface area contributed by atoms with Crippen LogP contribution in [0.5, 0.6) is 0 Å². The largest absolute Gasteiger partial charge is 0.393 e. The van der Waals surface area contributed by atoms with Crippen LogP contribution in [0.25, 0.3) is 0 Å². The van der Waals surface area contributed by atoms with Gasteiger partial charge in [0.2, 0.25) is 0 Å². The van der Waals surface area contributed by atoms with E-state index in [0.29, 0.717) is 16.7 Å². The monoisotopic (exact) mass is 402 g/mol. The summed E-state index contributed by atoms with van der Waals surface area (Å²) in [4.78, 5) is 0. The topological polar surface area (TPSA) is 20.2 Å². The van der Waals surface area contributed by atoms with Gasteiger partial charge in [-0.1, -0.05) is 60.8 Å².